The number of ether oxygens (including phenoxy) is 1. The third kappa shape index (κ3) is 1.14. The molecule has 0 aromatic heterocycles. The van der Waals surface area contributed by atoms with Crippen LogP contribution in [0.15, 0.2) is 0 Å². The van der Waals surface area contributed by atoms with Gasteiger partial charge in [0.2, 0.25) is 0 Å². The molecule has 0 aliphatic carbocycles. The molecule has 1 saturated heterocycles. The minimum absolute atomic E-state index is 0.139. The van der Waals surface area contributed by atoms with E-state index >= 15 is 0 Å². The Morgan fingerprint density at radius 3 is 2.60 bits per heavy atom. The van der Waals surface area contributed by atoms with Crippen LogP contribution < -0.4 is 0 Å². The lowest BCUT2D eigenvalue weighted by molar-refractivity contribution is -0.00983. The molecule has 1 aliphatic rings. The van der Waals surface area contributed by atoms with Crippen molar-refractivity contribution in [3.8, 4) is 0 Å². The molecule has 0 aromatic carbocycles. The fraction of sp³-hybridized carbons (Fsp3) is 1.00. The molecular weight excluding hydrogens is 139 g/mol. The van der Waals surface area contributed by atoms with Crippen molar-refractivity contribution in [3.63, 3.8) is 0 Å². The second kappa shape index (κ2) is 2.45. The van der Waals surface area contributed by atoms with Crippen LogP contribution in [0.5, 0.6) is 0 Å². The quantitative estimate of drug-likeness (QED) is 0.528. The van der Waals surface area contributed by atoms with Gasteiger partial charge >= 0.3 is 0 Å². The number of rotatable bonds is 1. The summed E-state index contributed by atoms with van der Waals surface area (Å²) in [7, 11) is 0. The molecule has 1 rings (SSSR count). The molecule has 0 spiro atoms. The summed E-state index contributed by atoms with van der Waals surface area (Å²) < 4.78 is 17.7. The standard InChI is InChI=1S/C6H11FO3/c1-6(7)3-10-4(2-8)5(6)9/h4-5,8-9H,2-3H2,1H3/t4-,5?,6+/m1/s1. The molecule has 1 heterocycles. The molecule has 4 heteroatoms. The first-order chi connectivity index (χ1) is 4.58. The van der Waals surface area contributed by atoms with E-state index in [2.05, 4.69) is 0 Å². The molecular formula is C6H11FO3. The van der Waals surface area contributed by atoms with Crippen molar-refractivity contribution in [2.75, 3.05) is 13.2 Å². The van der Waals surface area contributed by atoms with E-state index in [4.69, 9.17) is 14.9 Å². The summed E-state index contributed by atoms with van der Waals surface area (Å²) in [6.07, 6.45) is -1.95. The molecule has 10 heavy (non-hydrogen) atoms. The highest BCUT2D eigenvalue weighted by Gasteiger charge is 2.45. The molecule has 3 atom stereocenters. The van der Waals surface area contributed by atoms with Gasteiger partial charge in [0.1, 0.15) is 12.2 Å². The van der Waals surface area contributed by atoms with Gasteiger partial charge in [0, 0.05) is 0 Å². The molecule has 2 N–H and O–H groups in total. The lowest BCUT2D eigenvalue weighted by atomic mass is 10.0. The van der Waals surface area contributed by atoms with E-state index in [-0.39, 0.29) is 13.2 Å². The molecule has 0 aromatic rings. The topological polar surface area (TPSA) is 49.7 Å². The van der Waals surface area contributed by atoms with E-state index in [1.54, 1.807) is 0 Å². The normalized spacial score (nSPS) is 48.0. The molecule has 1 fully saturated rings. The highest BCUT2D eigenvalue weighted by atomic mass is 19.1. The smallest absolute Gasteiger partial charge is 0.159 e. The summed E-state index contributed by atoms with van der Waals surface area (Å²) in [4.78, 5) is 0. The Labute approximate surface area is 58.4 Å². The van der Waals surface area contributed by atoms with Gasteiger partial charge in [0.05, 0.1) is 13.2 Å². The van der Waals surface area contributed by atoms with E-state index in [1.807, 2.05) is 0 Å². The predicted octanol–water partition coefficient (Wildman–Crippen LogP) is -0.533. The fourth-order valence-electron chi connectivity index (χ4n) is 0.987. The van der Waals surface area contributed by atoms with Gasteiger partial charge in [0.15, 0.2) is 5.67 Å². The Hall–Kier alpha value is -0.190. The van der Waals surface area contributed by atoms with E-state index in [1.165, 1.54) is 6.92 Å². The van der Waals surface area contributed by atoms with Gasteiger partial charge in [-0.1, -0.05) is 0 Å². The second-order valence-electron chi connectivity index (χ2n) is 2.75. The third-order valence-electron chi connectivity index (χ3n) is 1.73. The van der Waals surface area contributed by atoms with Gasteiger partial charge in [0.25, 0.3) is 0 Å². The highest BCUT2D eigenvalue weighted by Crippen LogP contribution is 2.27. The largest absolute Gasteiger partial charge is 0.394 e. The minimum atomic E-state index is -1.70. The zero-order valence-corrected chi connectivity index (χ0v) is 5.75. The van der Waals surface area contributed by atoms with Gasteiger partial charge < -0.3 is 14.9 Å². The van der Waals surface area contributed by atoms with Crippen LogP contribution in [0, 0.1) is 0 Å². The summed E-state index contributed by atoms with van der Waals surface area (Å²) in [5.74, 6) is 0. The van der Waals surface area contributed by atoms with Crippen LogP contribution in [0.4, 0.5) is 4.39 Å². The third-order valence-corrected chi connectivity index (χ3v) is 1.73. The summed E-state index contributed by atoms with van der Waals surface area (Å²) in [5, 5.41) is 17.6. The Balaban J connectivity index is 2.58. The maximum Gasteiger partial charge on any atom is 0.159 e. The second-order valence-corrected chi connectivity index (χ2v) is 2.75. The van der Waals surface area contributed by atoms with Gasteiger partial charge in [-0.3, -0.25) is 0 Å². The first-order valence-electron chi connectivity index (χ1n) is 3.17. The van der Waals surface area contributed by atoms with Gasteiger partial charge in [-0.2, -0.15) is 0 Å². The summed E-state index contributed by atoms with van der Waals surface area (Å²) in [6.45, 7) is 0.785. The summed E-state index contributed by atoms with van der Waals surface area (Å²) in [6, 6.07) is 0. The molecule has 0 saturated carbocycles. The van der Waals surface area contributed by atoms with Crippen molar-refractivity contribution in [2.24, 2.45) is 0 Å². The first-order valence-corrected chi connectivity index (χ1v) is 3.17. The number of aliphatic hydroxyl groups is 2. The molecule has 0 radical (unpaired) electrons. The molecule has 1 aliphatic heterocycles. The Bertz CT molecular complexity index is 126. The summed E-state index contributed by atoms with van der Waals surface area (Å²) in [5.41, 5.74) is -1.70. The predicted molar refractivity (Wildman–Crippen MR) is 32.3 cm³/mol. The zero-order valence-electron chi connectivity index (χ0n) is 5.75. The van der Waals surface area contributed by atoms with Crippen LogP contribution in [0.25, 0.3) is 0 Å². The minimum Gasteiger partial charge on any atom is -0.394 e. The lowest BCUT2D eigenvalue weighted by Gasteiger charge is -2.17. The number of halogens is 1. The molecule has 3 nitrogen and oxygen atoms in total. The zero-order chi connectivity index (χ0) is 7.78. The van der Waals surface area contributed by atoms with E-state index in [0.29, 0.717) is 0 Å². The van der Waals surface area contributed by atoms with Crippen LogP contribution in [0.1, 0.15) is 6.92 Å². The SMILES string of the molecule is C[C@]1(F)CO[C@H](CO)C1O. The fourth-order valence-corrected chi connectivity index (χ4v) is 0.987. The average molecular weight is 150 g/mol. The average Bonchev–Trinajstić information content (AvgIpc) is 2.10. The van der Waals surface area contributed by atoms with Gasteiger partial charge in [-0.25, -0.2) is 4.39 Å². The van der Waals surface area contributed by atoms with Gasteiger partial charge in [-0.05, 0) is 6.92 Å². The number of alkyl halides is 1. The molecule has 60 valence electrons. The maximum absolute atomic E-state index is 13.0. The van der Waals surface area contributed by atoms with Crippen LogP contribution in [0.3, 0.4) is 0 Å². The van der Waals surface area contributed by atoms with Crippen LogP contribution in [-0.4, -0.2) is 41.3 Å². The number of hydrogen-bond donors (Lipinski definition) is 2. The first kappa shape index (κ1) is 7.91. The monoisotopic (exact) mass is 150 g/mol. The van der Waals surface area contributed by atoms with E-state index in [0.717, 1.165) is 0 Å². The van der Waals surface area contributed by atoms with Crippen LogP contribution in [0.2, 0.25) is 0 Å². The molecule has 0 bridgehead atoms. The van der Waals surface area contributed by atoms with Crippen molar-refractivity contribution >= 4 is 0 Å². The summed E-state index contributed by atoms with van der Waals surface area (Å²) >= 11 is 0. The lowest BCUT2D eigenvalue weighted by Crippen LogP contribution is -2.38. The van der Waals surface area contributed by atoms with Crippen molar-refractivity contribution in [2.45, 2.75) is 24.8 Å². The van der Waals surface area contributed by atoms with Crippen molar-refractivity contribution < 1.29 is 19.3 Å². The maximum atomic E-state index is 13.0. The van der Waals surface area contributed by atoms with Gasteiger partial charge in [-0.15, -0.1) is 0 Å². The Morgan fingerprint density at radius 1 is 1.80 bits per heavy atom. The van der Waals surface area contributed by atoms with E-state index in [9.17, 15) is 4.39 Å². The highest BCUT2D eigenvalue weighted by molar-refractivity contribution is 4.93. The van der Waals surface area contributed by atoms with Crippen molar-refractivity contribution in [1.29, 1.82) is 0 Å². The number of aliphatic hydroxyl groups excluding tert-OH is 2. The number of hydrogen-bond acceptors (Lipinski definition) is 3. The molecule has 1 unspecified atom stereocenters. The Kier molecular flexibility index (Phi) is 1.94. The van der Waals surface area contributed by atoms with E-state index < -0.39 is 17.9 Å². The van der Waals surface area contributed by atoms with Crippen molar-refractivity contribution in [1.82, 2.24) is 0 Å². The Morgan fingerprint density at radius 2 is 2.40 bits per heavy atom. The van der Waals surface area contributed by atoms with Crippen LogP contribution >= 0.6 is 0 Å². The molecule has 0 amide bonds. The van der Waals surface area contributed by atoms with Crippen molar-refractivity contribution in [3.05, 3.63) is 0 Å². The van der Waals surface area contributed by atoms with Crippen LogP contribution in [-0.2, 0) is 4.74 Å².